The first-order chi connectivity index (χ1) is 12.7. The summed E-state index contributed by atoms with van der Waals surface area (Å²) in [4.78, 5) is 13.6. The Morgan fingerprint density at radius 2 is 1.77 bits per heavy atom. The monoisotopic (exact) mass is 356 g/mol. The van der Waals surface area contributed by atoms with Crippen LogP contribution >= 0.6 is 0 Å². The molecule has 0 unspecified atom stereocenters. The van der Waals surface area contributed by atoms with Gasteiger partial charge in [-0.15, -0.1) is 0 Å². The number of nitrogens with one attached hydrogen (secondary N) is 2. The molecule has 0 saturated carbocycles. The van der Waals surface area contributed by atoms with E-state index in [1.54, 1.807) is 12.1 Å². The summed E-state index contributed by atoms with van der Waals surface area (Å²) >= 11 is 0. The average molecular weight is 356 g/mol. The van der Waals surface area contributed by atoms with Gasteiger partial charge >= 0.3 is 0 Å². The SMILES string of the molecule is C/C(=N/NC(=O)c1ccccc1F)[C@@H](c1ccccc1)[NH+]1CCOCC1. The molecule has 0 aliphatic carbocycles. The van der Waals surface area contributed by atoms with Crippen LogP contribution in [0.2, 0.25) is 0 Å². The Kier molecular flexibility index (Phi) is 6.09. The Hall–Kier alpha value is -2.57. The van der Waals surface area contributed by atoms with Crippen molar-refractivity contribution in [2.24, 2.45) is 5.10 Å². The van der Waals surface area contributed by atoms with Crippen LogP contribution in [0.25, 0.3) is 0 Å². The third kappa shape index (κ3) is 4.33. The molecule has 0 bridgehead atoms. The Morgan fingerprint density at radius 3 is 2.46 bits per heavy atom. The van der Waals surface area contributed by atoms with Crippen molar-refractivity contribution >= 4 is 11.6 Å². The summed E-state index contributed by atoms with van der Waals surface area (Å²) in [5, 5.41) is 4.28. The highest BCUT2D eigenvalue weighted by Crippen LogP contribution is 2.12. The van der Waals surface area contributed by atoms with Gasteiger partial charge in [-0.3, -0.25) is 4.79 Å². The fourth-order valence-electron chi connectivity index (χ4n) is 3.25. The number of halogens is 1. The van der Waals surface area contributed by atoms with Crippen molar-refractivity contribution < 1.29 is 18.8 Å². The second-order valence-corrected chi connectivity index (χ2v) is 6.29. The Morgan fingerprint density at radius 1 is 1.12 bits per heavy atom. The molecule has 26 heavy (non-hydrogen) atoms. The van der Waals surface area contributed by atoms with Crippen LogP contribution in [0.4, 0.5) is 4.39 Å². The lowest BCUT2D eigenvalue weighted by Crippen LogP contribution is -3.15. The minimum absolute atomic E-state index is 0.0148. The van der Waals surface area contributed by atoms with Crippen LogP contribution in [0, 0.1) is 5.82 Å². The summed E-state index contributed by atoms with van der Waals surface area (Å²) < 4.78 is 19.2. The number of morpholine rings is 1. The number of hydrogen-bond acceptors (Lipinski definition) is 3. The first-order valence-electron chi connectivity index (χ1n) is 8.73. The van der Waals surface area contributed by atoms with Crippen molar-refractivity contribution in [3.05, 3.63) is 71.5 Å². The van der Waals surface area contributed by atoms with E-state index in [-0.39, 0.29) is 11.6 Å². The molecule has 0 radical (unpaired) electrons. The van der Waals surface area contributed by atoms with Crippen molar-refractivity contribution in [1.82, 2.24) is 5.43 Å². The maximum absolute atomic E-state index is 13.8. The number of amides is 1. The van der Waals surface area contributed by atoms with Crippen LogP contribution in [0.15, 0.2) is 59.7 Å². The lowest BCUT2D eigenvalue weighted by atomic mass is 10.0. The molecule has 2 N–H and O–H groups in total. The fourth-order valence-corrected chi connectivity index (χ4v) is 3.25. The maximum atomic E-state index is 13.8. The smallest absolute Gasteiger partial charge is 0.274 e. The predicted octanol–water partition coefficient (Wildman–Crippen LogP) is 1.59. The second-order valence-electron chi connectivity index (χ2n) is 6.29. The van der Waals surface area contributed by atoms with E-state index >= 15 is 0 Å². The van der Waals surface area contributed by atoms with Gasteiger partial charge in [0.05, 0.1) is 24.5 Å². The van der Waals surface area contributed by atoms with Gasteiger partial charge in [-0.1, -0.05) is 42.5 Å². The van der Waals surface area contributed by atoms with E-state index < -0.39 is 11.7 Å². The summed E-state index contributed by atoms with van der Waals surface area (Å²) in [5.41, 5.74) is 4.38. The van der Waals surface area contributed by atoms with Crippen molar-refractivity contribution in [1.29, 1.82) is 0 Å². The van der Waals surface area contributed by atoms with Gasteiger partial charge in [-0.05, 0) is 19.1 Å². The van der Waals surface area contributed by atoms with Gasteiger partial charge in [0.2, 0.25) is 0 Å². The van der Waals surface area contributed by atoms with E-state index in [1.807, 2.05) is 25.1 Å². The Bertz CT molecular complexity index is 774. The van der Waals surface area contributed by atoms with E-state index in [9.17, 15) is 9.18 Å². The molecule has 6 heteroatoms. The summed E-state index contributed by atoms with van der Waals surface area (Å²) in [5.74, 6) is -1.11. The molecule has 1 fully saturated rings. The molecular weight excluding hydrogens is 333 g/mol. The number of carbonyl (C=O) groups excluding carboxylic acids is 1. The standard InChI is InChI=1S/C20H22FN3O2/c1-15(22-23-20(25)17-9-5-6-10-18(17)21)19(16-7-3-2-4-8-16)24-11-13-26-14-12-24/h2-10,19H,11-14H2,1H3,(H,23,25)/p+1/b22-15-/t19-/m0/s1. The fraction of sp³-hybridized carbons (Fsp3) is 0.300. The van der Waals surface area contributed by atoms with Gasteiger partial charge in [0.15, 0.2) is 6.04 Å². The summed E-state index contributed by atoms with van der Waals surface area (Å²) in [6.45, 7) is 5.03. The lowest BCUT2D eigenvalue weighted by Gasteiger charge is -2.31. The second kappa shape index (κ2) is 8.69. The van der Waals surface area contributed by atoms with E-state index in [0.717, 1.165) is 24.4 Å². The molecule has 1 saturated heterocycles. The van der Waals surface area contributed by atoms with Crippen molar-refractivity contribution in [2.75, 3.05) is 26.3 Å². The molecule has 0 spiro atoms. The van der Waals surface area contributed by atoms with Gasteiger partial charge in [-0.25, -0.2) is 9.82 Å². The molecule has 1 aliphatic rings. The molecular formula is C20H23FN3O2+. The first-order valence-corrected chi connectivity index (χ1v) is 8.73. The third-order valence-corrected chi connectivity index (χ3v) is 4.55. The number of ether oxygens (including phenoxy) is 1. The molecule has 1 heterocycles. The van der Waals surface area contributed by atoms with Crippen molar-refractivity contribution in [3.63, 3.8) is 0 Å². The van der Waals surface area contributed by atoms with Crippen LogP contribution < -0.4 is 10.3 Å². The zero-order valence-electron chi connectivity index (χ0n) is 14.7. The maximum Gasteiger partial charge on any atom is 0.274 e. The molecule has 1 aliphatic heterocycles. The molecule has 1 amide bonds. The zero-order valence-corrected chi connectivity index (χ0v) is 14.7. The van der Waals surface area contributed by atoms with Gasteiger partial charge in [0.1, 0.15) is 18.9 Å². The molecule has 2 aromatic carbocycles. The van der Waals surface area contributed by atoms with E-state index in [4.69, 9.17) is 4.74 Å². The minimum atomic E-state index is -0.559. The highest BCUT2D eigenvalue weighted by molar-refractivity contribution is 5.96. The summed E-state index contributed by atoms with van der Waals surface area (Å²) in [7, 11) is 0. The number of hydrogen-bond donors (Lipinski definition) is 2. The Labute approximate surface area is 152 Å². The van der Waals surface area contributed by atoms with Crippen LogP contribution in [0.3, 0.4) is 0 Å². The molecule has 3 rings (SSSR count). The van der Waals surface area contributed by atoms with Crippen LogP contribution in [0.1, 0.15) is 28.9 Å². The van der Waals surface area contributed by atoms with E-state index in [1.165, 1.54) is 17.0 Å². The molecule has 0 aromatic heterocycles. The quantitative estimate of drug-likeness (QED) is 0.631. The predicted molar refractivity (Wildman–Crippen MR) is 97.7 cm³/mol. The molecule has 1 atom stereocenters. The van der Waals surface area contributed by atoms with Crippen molar-refractivity contribution in [2.45, 2.75) is 13.0 Å². The summed E-state index contributed by atoms with van der Waals surface area (Å²) in [6.07, 6.45) is 0. The number of rotatable bonds is 5. The van der Waals surface area contributed by atoms with Gasteiger partial charge in [0.25, 0.3) is 5.91 Å². The summed E-state index contributed by atoms with van der Waals surface area (Å²) in [6, 6.07) is 16.0. The van der Waals surface area contributed by atoms with Gasteiger partial charge < -0.3 is 9.64 Å². The third-order valence-electron chi connectivity index (χ3n) is 4.55. The number of hydrazone groups is 1. The molecule has 136 valence electrons. The minimum Gasteiger partial charge on any atom is -0.370 e. The number of nitrogens with zero attached hydrogens (tertiary/aromatic N) is 1. The van der Waals surface area contributed by atoms with Gasteiger partial charge in [0, 0.05) is 5.56 Å². The van der Waals surface area contributed by atoms with E-state index in [2.05, 4.69) is 22.7 Å². The molecule has 5 nitrogen and oxygen atoms in total. The number of quaternary nitrogens is 1. The topological polar surface area (TPSA) is 55.1 Å². The molecule has 2 aromatic rings. The van der Waals surface area contributed by atoms with Crippen LogP contribution in [-0.2, 0) is 4.74 Å². The number of carbonyl (C=O) groups is 1. The van der Waals surface area contributed by atoms with Gasteiger partial charge in [-0.2, -0.15) is 5.10 Å². The van der Waals surface area contributed by atoms with Crippen molar-refractivity contribution in [3.8, 4) is 0 Å². The number of benzene rings is 2. The average Bonchev–Trinajstić information content (AvgIpc) is 2.68. The first kappa shape index (κ1) is 18.2. The largest absolute Gasteiger partial charge is 0.370 e. The highest BCUT2D eigenvalue weighted by atomic mass is 19.1. The van der Waals surface area contributed by atoms with E-state index in [0.29, 0.717) is 13.2 Å². The highest BCUT2D eigenvalue weighted by Gasteiger charge is 2.29. The Balaban J connectivity index is 1.80. The van der Waals surface area contributed by atoms with Crippen LogP contribution in [-0.4, -0.2) is 37.9 Å². The zero-order chi connectivity index (χ0) is 18.4. The van der Waals surface area contributed by atoms with Crippen LogP contribution in [0.5, 0.6) is 0 Å². The normalized spacial score (nSPS) is 16.9. The lowest BCUT2D eigenvalue weighted by molar-refractivity contribution is -0.928.